The minimum atomic E-state index is 0.754. The molecule has 90 valence electrons. The maximum atomic E-state index is 4.81. The number of nitrogens with zero attached hydrogens (tertiary/aromatic N) is 2. The van der Waals surface area contributed by atoms with Crippen LogP contribution in [0.1, 0.15) is 48.2 Å². The van der Waals surface area contributed by atoms with Crippen LogP contribution in [0.5, 0.6) is 0 Å². The van der Waals surface area contributed by atoms with E-state index in [4.69, 9.17) is 4.98 Å². The van der Waals surface area contributed by atoms with Crippen molar-refractivity contribution in [3.8, 4) is 0 Å². The Bertz CT molecular complexity index is 341. The Hall–Kier alpha value is -0.0600. The van der Waals surface area contributed by atoms with E-state index in [2.05, 4.69) is 31.4 Å². The third-order valence-electron chi connectivity index (χ3n) is 3.13. The Morgan fingerprint density at radius 1 is 1.38 bits per heavy atom. The second-order valence-electron chi connectivity index (χ2n) is 4.31. The number of thiazole rings is 1. The van der Waals surface area contributed by atoms with E-state index < -0.39 is 0 Å². The molecule has 1 fully saturated rings. The molecule has 0 spiro atoms. The Balaban J connectivity index is 2.09. The summed E-state index contributed by atoms with van der Waals surface area (Å²) in [7, 11) is 0. The molecule has 1 aromatic rings. The molecule has 2 rings (SSSR count). The van der Waals surface area contributed by atoms with E-state index in [0.717, 1.165) is 31.3 Å². The summed E-state index contributed by atoms with van der Waals surface area (Å²) in [6.45, 7) is 7.62. The van der Waals surface area contributed by atoms with Crippen LogP contribution in [0, 0.1) is 0 Å². The Kier molecular flexibility index (Phi) is 4.27. The molecular weight excluding hydrogens is 236 g/mol. The van der Waals surface area contributed by atoms with E-state index in [1.807, 2.05) is 11.3 Å². The molecule has 1 aliphatic rings. The predicted molar refractivity (Wildman–Crippen MR) is 73.4 cm³/mol. The van der Waals surface area contributed by atoms with Crippen molar-refractivity contribution in [3.63, 3.8) is 0 Å². The largest absolute Gasteiger partial charge is 0.297 e. The van der Waals surface area contributed by atoms with Crippen molar-refractivity contribution >= 4 is 24.0 Å². The second kappa shape index (κ2) is 5.52. The summed E-state index contributed by atoms with van der Waals surface area (Å²) in [5.41, 5.74) is 1.35. The van der Waals surface area contributed by atoms with E-state index in [0.29, 0.717) is 0 Å². The van der Waals surface area contributed by atoms with Gasteiger partial charge in [-0.05, 0) is 25.9 Å². The first kappa shape index (κ1) is 12.4. The van der Waals surface area contributed by atoms with Gasteiger partial charge < -0.3 is 0 Å². The molecule has 0 bridgehead atoms. The zero-order valence-corrected chi connectivity index (χ0v) is 11.8. The summed E-state index contributed by atoms with van der Waals surface area (Å²) < 4.78 is 0. The van der Waals surface area contributed by atoms with E-state index in [1.165, 1.54) is 28.4 Å². The lowest BCUT2D eigenvalue weighted by atomic mass is 10.3. The molecule has 1 saturated carbocycles. The predicted octanol–water partition coefficient (Wildman–Crippen LogP) is 3.29. The Labute approximate surface area is 107 Å². The molecule has 0 aromatic carbocycles. The van der Waals surface area contributed by atoms with E-state index in [1.54, 1.807) is 0 Å². The van der Waals surface area contributed by atoms with Gasteiger partial charge in [-0.15, -0.1) is 11.3 Å². The van der Waals surface area contributed by atoms with Gasteiger partial charge >= 0.3 is 0 Å². The molecule has 0 saturated heterocycles. The molecule has 0 unspecified atom stereocenters. The highest BCUT2D eigenvalue weighted by atomic mass is 32.1. The van der Waals surface area contributed by atoms with Gasteiger partial charge in [-0.3, -0.25) is 4.90 Å². The zero-order valence-electron chi connectivity index (χ0n) is 10.1. The first-order valence-electron chi connectivity index (χ1n) is 6.10. The van der Waals surface area contributed by atoms with Crippen molar-refractivity contribution in [1.82, 2.24) is 9.88 Å². The van der Waals surface area contributed by atoms with Crippen LogP contribution < -0.4 is 0 Å². The van der Waals surface area contributed by atoms with Gasteiger partial charge in [0, 0.05) is 16.5 Å². The monoisotopic (exact) mass is 256 g/mol. The van der Waals surface area contributed by atoms with Crippen molar-refractivity contribution in [2.24, 2.45) is 0 Å². The Morgan fingerprint density at radius 3 is 2.56 bits per heavy atom. The van der Waals surface area contributed by atoms with Crippen molar-refractivity contribution in [2.75, 3.05) is 13.1 Å². The minimum absolute atomic E-state index is 0.754. The van der Waals surface area contributed by atoms with Crippen molar-refractivity contribution in [1.29, 1.82) is 0 Å². The molecule has 4 heteroatoms. The van der Waals surface area contributed by atoms with E-state index in [9.17, 15) is 0 Å². The summed E-state index contributed by atoms with van der Waals surface area (Å²) in [4.78, 5) is 8.62. The smallest absolute Gasteiger partial charge is 0.107 e. The first-order chi connectivity index (χ1) is 7.78. The maximum Gasteiger partial charge on any atom is 0.107 e. The Morgan fingerprint density at radius 2 is 2.06 bits per heavy atom. The van der Waals surface area contributed by atoms with Gasteiger partial charge in [0.15, 0.2) is 0 Å². The fraction of sp³-hybridized carbons (Fsp3) is 0.750. The lowest BCUT2D eigenvalue weighted by Crippen LogP contribution is -2.21. The first-order valence-corrected chi connectivity index (χ1v) is 7.55. The lowest BCUT2D eigenvalue weighted by Gasteiger charge is -2.15. The fourth-order valence-corrected chi connectivity index (χ4v) is 3.32. The number of rotatable bonds is 6. The van der Waals surface area contributed by atoms with Crippen LogP contribution in [-0.2, 0) is 12.3 Å². The van der Waals surface area contributed by atoms with Crippen molar-refractivity contribution in [3.05, 3.63) is 15.6 Å². The van der Waals surface area contributed by atoms with Crippen LogP contribution >= 0.6 is 24.0 Å². The van der Waals surface area contributed by atoms with Crippen LogP contribution in [0.25, 0.3) is 0 Å². The molecule has 1 aromatic heterocycles. The number of hydrogen-bond acceptors (Lipinski definition) is 4. The molecule has 1 aliphatic carbocycles. The quantitative estimate of drug-likeness (QED) is 0.786. The zero-order chi connectivity index (χ0) is 11.5. The number of aromatic nitrogens is 1. The van der Waals surface area contributed by atoms with Gasteiger partial charge in [-0.1, -0.05) is 13.8 Å². The SMILES string of the molecule is CCN(CC)Cc1nc(C2CC2)c(CS)s1. The summed E-state index contributed by atoms with van der Waals surface area (Å²) in [5, 5.41) is 1.27. The number of hydrogen-bond donors (Lipinski definition) is 1. The third-order valence-corrected chi connectivity index (χ3v) is 4.72. The van der Waals surface area contributed by atoms with Crippen LogP contribution in [-0.4, -0.2) is 23.0 Å². The van der Waals surface area contributed by atoms with E-state index >= 15 is 0 Å². The summed E-state index contributed by atoms with van der Waals surface area (Å²) >= 11 is 6.27. The molecule has 0 N–H and O–H groups in total. The van der Waals surface area contributed by atoms with Crippen LogP contribution in [0.3, 0.4) is 0 Å². The summed E-state index contributed by atoms with van der Waals surface area (Å²) in [5.74, 6) is 1.60. The highest BCUT2D eigenvalue weighted by Gasteiger charge is 2.29. The van der Waals surface area contributed by atoms with E-state index in [-0.39, 0.29) is 0 Å². The van der Waals surface area contributed by atoms with Gasteiger partial charge in [-0.25, -0.2) is 4.98 Å². The fourth-order valence-electron chi connectivity index (χ4n) is 1.91. The van der Waals surface area contributed by atoms with Gasteiger partial charge in [0.1, 0.15) is 5.01 Å². The summed E-state index contributed by atoms with van der Waals surface area (Å²) in [6, 6.07) is 0. The standard InChI is InChI=1S/C12H20N2S2/c1-3-14(4-2)7-11-13-12(9-5-6-9)10(8-15)16-11/h9,15H,3-8H2,1-2H3. The normalized spacial score (nSPS) is 16.0. The van der Waals surface area contributed by atoms with Gasteiger partial charge in [0.25, 0.3) is 0 Å². The maximum absolute atomic E-state index is 4.81. The molecule has 0 atom stereocenters. The van der Waals surface area contributed by atoms with Crippen LogP contribution in [0.4, 0.5) is 0 Å². The van der Waals surface area contributed by atoms with Crippen molar-refractivity contribution < 1.29 is 0 Å². The molecular formula is C12H20N2S2. The average molecular weight is 256 g/mol. The number of thiol groups is 1. The highest BCUT2D eigenvalue weighted by molar-refractivity contribution is 7.79. The van der Waals surface area contributed by atoms with Gasteiger partial charge in [-0.2, -0.15) is 12.6 Å². The third kappa shape index (κ3) is 2.79. The molecule has 1 heterocycles. The molecule has 0 aliphatic heterocycles. The van der Waals surface area contributed by atoms with Gasteiger partial charge in [0.2, 0.25) is 0 Å². The second-order valence-corrected chi connectivity index (χ2v) is 5.79. The lowest BCUT2D eigenvalue weighted by molar-refractivity contribution is 0.295. The summed E-state index contributed by atoms with van der Waals surface area (Å²) in [6.07, 6.45) is 2.66. The topological polar surface area (TPSA) is 16.1 Å². The van der Waals surface area contributed by atoms with Crippen molar-refractivity contribution in [2.45, 2.75) is 44.9 Å². The van der Waals surface area contributed by atoms with Gasteiger partial charge in [0.05, 0.1) is 12.2 Å². The molecule has 2 nitrogen and oxygen atoms in total. The van der Waals surface area contributed by atoms with Crippen LogP contribution in [0.15, 0.2) is 0 Å². The molecule has 16 heavy (non-hydrogen) atoms. The molecule has 0 radical (unpaired) electrons. The van der Waals surface area contributed by atoms with Crippen LogP contribution in [0.2, 0.25) is 0 Å². The highest BCUT2D eigenvalue weighted by Crippen LogP contribution is 2.43. The molecule has 0 amide bonds. The minimum Gasteiger partial charge on any atom is -0.297 e. The average Bonchev–Trinajstić information content (AvgIpc) is 3.07.